The molecule has 0 saturated heterocycles. The van der Waals surface area contributed by atoms with Crippen molar-refractivity contribution in [2.24, 2.45) is 0 Å². The Morgan fingerprint density at radius 1 is 1.04 bits per heavy atom. The molecule has 0 aliphatic heterocycles. The van der Waals surface area contributed by atoms with Gasteiger partial charge in [0.25, 0.3) is 0 Å². The smallest absolute Gasteiger partial charge is 0.416 e. The molecular weight excluding hydrogens is 355 g/mol. The van der Waals surface area contributed by atoms with Gasteiger partial charge in [-0.15, -0.1) is 0 Å². The van der Waals surface area contributed by atoms with Gasteiger partial charge in [0.15, 0.2) is 0 Å². The number of amides is 1. The molecule has 6 heteroatoms. The number of carbonyl (C=O) groups is 1. The molecule has 1 aliphatic rings. The third-order valence-corrected chi connectivity index (χ3v) is 4.35. The average Bonchev–Trinajstić information content (AvgIpc) is 3.31. The molecule has 1 amide bonds. The summed E-state index contributed by atoms with van der Waals surface area (Å²) in [7, 11) is 0. The Morgan fingerprint density at radius 2 is 1.70 bits per heavy atom. The second-order valence-electron chi connectivity index (χ2n) is 7.80. The first-order chi connectivity index (χ1) is 12.5. The summed E-state index contributed by atoms with van der Waals surface area (Å²) in [4.78, 5) is 11.8. The molecule has 27 heavy (non-hydrogen) atoms. The van der Waals surface area contributed by atoms with Gasteiger partial charge in [0, 0.05) is 12.0 Å². The van der Waals surface area contributed by atoms with Crippen LogP contribution in [0.25, 0.3) is 11.1 Å². The number of alkyl carbamates (subject to hydrolysis) is 1. The number of hydrogen-bond acceptors (Lipinski definition) is 2. The van der Waals surface area contributed by atoms with Gasteiger partial charge in [-0.2, -0.15) is 13.2 Å². The van der Waals surface area contributed by atoms with E-state index in [4.69, 9.17) is 4.74 Å². The Morgan fingerprint density at radius 3 is 2.30 bits per heavy atom. The quantitative estimate of drug-likeness (QED) is 0.739. The van der Waals surface area contributed by atoms with Crippen molar-refractivity contribution >= 4 is 6.09 Å². The second-order valence-corrected chi connectivity index (χ2v) is 7.80. The maximum Gasteiger partial charge on any atom is 0.416 e. The fourth-order valence-electron chi connectivity index (χ4n) is 2.98. The van der Waals surface area contributed by atoms with Crippen LogP contribution in [0, 0.1) is 0 Å². The van der Waals surface area contributed by atoms with E-state index in [1.165, 1.54) is 6.07 Å². The third-order valence-electron chi connectivity index (χ3n) is 4.35. The Kier molecular flexibility index (Phi) is 4.93. The van der Waals surface area contributed by atoms with Crippen molar-refractivity contribution in [2.45, 2.75) is 50.9 Å². The van der Waals surface area contributed by atoms with Crippen LogP contribution in [-0.4, -0.2) is 17.7 Å². The molecular formula is C21H22F3NO2. The molecule has 1 N–H and O–H groups in total. The predicted molar refractivity (Wildman–Crippen MR) is 97.4 cm³/mol. The van der Waals surface area contributed by atoms with Crippen LogP contribution in [0.1, 0.15) is 44.2 Å². The Hall–Kier alpha value is -2.50. The van der Waals surface area contributed by atoms with Crippen molar-refractivity contribution < 1.29 is 22.7 Å². The molecule has 1 saturated carbocycles. The largest absolute Gasteiger partial charge is 0.444 e. The SMILES string of the molecule is CC(C)(C)OC(=O)N[C@H]1C[C@@H]1c1ccc(-c2cccc(C(F)(F)F)c2)cc1. The highest BCUT2D eigenvalue weighted by atomic mass is 19.4. The maximum absolute atomic E-state index is 12.9. The van der Waals surface area contributed by atoms with E-state index < -0.39 is 23.4 Å². The monoisotopic (exact) mass is 377 g/mol. The van der Waals surface area contributed by atoms with Gasteiger partial charge in [-0.1, -0.05) is 36.4 Å². The molecule has 0 radical (unpaired) electrons. The molecule has 0 unspecified atom stereocenters. The van der Waals surface area contributed by atoms with Crippen LogP contribution in [-0.2, 0) is 10.9 Å². The second kappa shape index (κ2) is 6.91. The van der Waals surface area contributed by atoms with E-state index in [2.05, 4.69) is 5.32 Å². The van der Waals surface area contributed by atoms with Crippen LogP contribution in [0.2, 0.25) is 0 Å². The summed E-state index contributed by atoms with van der Waals surface area (Å²) >= 11 is 0. The van der Waals surface area contributed by atoms with E-state index in [1.807, 2.05) is 45.0 Å². The van der Waals surface area contributed by atoms with E-state index in [0.29, 0.717) is 5.56 Å². The van der Waals surface area contributed by atoms with Crippen molar-refractivity contribution in [3.05, 3.63) is 59.7 Å². The molecule has 2 atom stereocenters. The molecule has 0 spiro atoms. The summed E-state index contributed by atoms with van der Waals surface area (Å²) in [5.74, 6) is 0.202. The first-order valence-electron chi connectivity index (χ1n) is 8.80. The van der Waals surface area contributed by atoms with E-state index in [1.54, 1.807) is 6.07 Å². The fourth-order valence-corrected chi connectivity index (χ4v) is 2.98. The first-order valence-corrected chi connectivity index (χ1v) is 8.80. The van der Waals surface area contributed by atoms with Crippen LogP contribution in [0.5, 0.6) is 0 Å². The molecule has 2 aromatic rings. The minimum Gasteiger partial charge on any atom is -0.444 e. The zero-order valence-corrected chi connectivity index (χ0v) is 15.4. The molecule has 0 bridgehead atoms. The number of benzene rings is 2. The lowest BCUT2D eigenvalue weighted by atomic mass is 10.0. The molecule has 144 valence electrons. The van der Waals surface area contributed by atoms with Gasteiger partial charge in [-0.25, -0.2) is 4.79 Å². The zero-order chi connectivity index (χ0) is 19.8. The number of nitrogens with one attached hydrogen (secondary N) is 1. The summed E-state index contributed by atoms with van der Waals surface area (Å²) in [6, 6.07) is 12.7. The first kappa shape index (κ1) is 19.3. The molecule has 0 heterocycles. The van der Waals surface area contributed by atoms with Crippen molar-refractivity contribution in [3.63, 3.8) is 0 Å². The van der Waals surface area contributed by atoms with Crippen LogP contribution in [0.4, 0.5) is 18.0 Å². The lowest BCUT2D eigenvalue weighted by molar-refractivity contribution is -0.137. The molecule has 1 aliphatic carbocycles. The van der Waals surface area contributed by atoms with E-state index in [0.717, 1.165) is 29.7 Å². The Labute approximate surface area is 156 Å². The number of rotatable bonds is 3. The van der Waals surface area contributed by atoms with Gasteiger partial charge in [0.1, 0.15) is 5.60 Å². The van der Waals surface area contributed by atoms with E-state index >= 15 is 0 Å². The summed E-state index contributed by atoms with van der Waals surface area (Å²) in [5.41, 5.74) is 1.10. The normalized spacial score (nSPS) is 19.5. The van der Waals surface area contributed by atoms with Crippen LogP contribution < -0.4 is 5.32 Å². The van der Waals surface area contributed by atoms with Crippen molar-refractivity contribution in [2.75, 3.05) is 0 Å². The Balaban J connectivity index is 1.65. The van der Waals surface area contributed by atoms with Gasteiger partial charge in [0.05, 0.1) is 5.56 Å². The van der Waals surface area contributed by atoms with Crippen molar-refractivity contribution in [1.82, 2.24) is 5.32 Å². The number of hydrogen-bond donors (Lipinski definition) is 1. The maximum atomic E-state index is 12.9. The summed E-state index contributed by atoms with van der Waals surface area (Å²) < 4.78 is 43.8. The summed E-state index contributed by atoms with van der Waals surface area (Å²) in [6.07, 6.45) is -3.97. The number of carbonyl (C=O) groups excluding carboxylic acids is 1. The van der Waals surface area contributed by atoms with Gasteiger partial charge >= 0.3 is 12.3 Å². The van der Waals surface area contributed by atoms with Crippen molar-refractivity contribution in [1.29, 1.82) is 0 Å². The van der Waals surface area contributed by atoms with E-state index in [9.17, 15) is 18.0 Å². The standard InChI is InChI=1S/C21H22F3NO2/c1-20(2,3)27-19(26)25-18-12-17(18)14-9-7-13(8-10-14)15-5-4-6-16(11-15)21(22,23)24/h4-11,17-18H,12H2,1-3H3,(H,25,26)/t17-,18+/m1/s1. The number of ether oxygens (including phenoxy) is 1. The van der Waals surface area contributed by atoms with Gasteiger partial charge in [-0.3, -0.25) is 0 Å². The highest BCUT2D eigenvalue weighted by Crippen LogP contribution is 2.41. The van der Waals surface area contributed by atoms with Gasteiger partial charge < -0.3 is 10.1 Å². The minimum absolute atomic E-state index is 0.0271. The third kappa shape index (κ3) is 5.02. The average molecular weight is 377 g/mol. The van der Waals surface area contributed by atoms with Gasteiger partial charge in [0.2, 0.25) is 0 Å². The van der Waals surface area contributed by atoms with E-state index in [-0.39, 0.29) is 12.0 Å². The van der Waals surface area contributed by atoms with Gasteiger partial charge in [-0.05, 0) is 56.0 Å². The molecule has 0 aromatic heterocycles. The van der Waals surface area contributed by atoms with Crippen molar-refractivity contribution in [3.8, 4) is 11.1 Å². The molecule has 2 aromatic carbocycles. The lowest BCUT2D eigenvalue weighted by Gasteiger charge is -2.19. The zero-order valence-electron chi connectivity index (χ0n) is 15.4. The fraction of sp³-hybridized carbons (Fsp3) is 0.381. The summed E-state index contributed by atoms with van der Waals surface area (Å²) in [6.45, 7) is 5.43. The molecule has 3 rings (SSSR count). The van der Waals surface area contributed by atoms with Crippen LogP contribution in [0.15, 0.2) is 48.5 Å². The number of alkyl halides is 3. The molecule has 3 nitrogen and oxygen atoms in total. The lowest BCUT2D eigenvalue weighted by Crippen LogP contribution is -2.34. The Bertz CT molecular complexity index is 823. The topological polar surface area (TPSA) is 38.3 Å². The highest BCUT2D eigenvalue weighted by molar-refractivity contribution is 5.69. The molecule has 1 fully saturated rings. The van der Waals surface area contributed by atoms with Crippen LogP contribution >= 0.6 is 0 Å². The minimum atomic E-state index is -4.36. The summed E-state index contributed by atoms with van der Waals surface area (Å²) in [5, 5.41) is 2.84. The predicted octanol–water partition coefficient (Wildman–Crippen LogP) is 5.75. The highest BCUT2D eigenvalue weighted by Gasteiger charge is 2.40. The number of halogens is 3. The van der Waals surface area contributed by atoms with Crippen LogP contribution in [0.3, 0.4) is 0 Å².